The van der Waals surface area contributed by atoms with Gasteiger partial charge < -0.3 is 14.4 Å². The molecule has 0 aliphatic heterocycles. The fraction of sp³-hybridized carbons (Fsp3) is 0.636. The van der Waals surface area contributed by atoms with Gasteiger partial charge >= 0.3 is 7.60 Å². The van der Waals surface area contributed by atoms with Crippen LogP contribution in [0.2, 0.25) is 0 Å². The highest BCUT2D eigenvalue weighted by atomic mass is 31.2. The van der Waals surface area contributed by atoms with Crippen LogP contribution in [0, 0.1) is 35.5 Å². The Labute approximate surface area is 231 Å². The maximum atomic E-state index is 15.5. The third-order valence-electron chi connectivity index (χ3n) is 9.00. The Morgan fingerprint density at radius 1 is 0.711 bits per heavy atom. The molecule has 0 radical (unpaired) electrons. The van der Waals surface area contributed by atoms with E-state index in [0.29, 0.717) is 35.5 Å². The Morgan fingerprint density at radius 3 is 1.61 bits per heavy atom. The summed E-state index contributed by atoms with van der Waals surface area (Å²) in [6.07, 6.45) is 6.33. The fourth-order valence-corrected chi connectivity index (χ4v) is 9.05. The van der Waals surface area contributed by atoms with Crippen LogP contribution >= 0.6 is 7.60 Å². The van der Waals surface area contributed by atoms with Crippen LogP contribution in [0.1, 0.15) is 91.4 Å². The summed E-state index contributed by atoms with van der Waals surface area (Å²) in [5.74, 6) is 2.22. The third kappa shape index (κ3) is 7.32. The van der Waals surface area contributed by atoms with Crippen LogP contribution in [0.4, 0.5) is 5.69 Å². The van der Waals surface area contributed by atoms with Crippen molar-refractivity contribution in [2.45, 2.75) is 98.1 Å². The summed E-state index contributed by atoms with van der Waals surface area (Å²) in [4.78, 5) is 0. The highest BCUT2D eigenvalue weighted by molar-refractivity contribution is 7.54. The predicted octanol–water partition coefficient (Wildman–Crippen LogP) is 9.95. The van der Waals surface area contributed by atoms with Crippen LogP contribution in [0.3, 0.4) is 0 Å². The minimum Gasteiger partial charge on any atom is -0.368 e. The maximum Gasteiger partial charge on any atom is 0.357 e. The van der Waals surface area contributed by atoms with Gasteiger partial charge in [-0.1, -0.05) is 103 Å². The van der Waals surface area contributed by atoms with Gasteiger partial charge in [0.1, 0.15) is 0 Å². The van der Waals surface area contributed by atoms with Gasteiger partial charge in [-0.15, -0.1) is 0 Å². The van der Waals surface area contributed by atoms with Gasteiger partial charge in [-0.2, -0.15) is 0 Å². The molecule has 7 atom stereocenters. The van der Waals surface area contributed by atoms with E-state index >= 15 is 4.57 Å². The van der Waals surface area contributed by atoms with Gasteiger partial charge in [-0.25, -0.2) is 0 Å². The van der Waals surface area contributed by atoms with E-state index in [9.17, 15) is 0 Å². The van der Waals surface area contributed by atoms with Crippen LogP contribution in [0.15, 0.2) is 60.7 Å². The molecule has 2 aromatic rings. The molecule has 4 rings (SSSR count). The van der Waals surface area contributed by atoms with E-state index in [2.05, 4.69) is 46.9 Å². The first kappa shape index (κ1) is 29.4. The number of benzene rings is 2. The van der Waals surface area contributed by atoms with Crippen molar-refractivity contribution in [2.75, 3.05) is 5.32 Å². The van der Waals surface area contributed by atoms with E-state index in [4.69, 9.17) is 9.05 Å². The van der Waals surface area contributed by atoms with E-state index in [-0.39, 0.29) is 12.2 Å². The molecular weight excluding hydrogens is 489 g/mol. The number of rotatable bonds is 10. The average Bonchev–Trinajstić information content (AvgIpc) is 2.88. The first-order valence-electron chi connectivity index (χ1n) is 15.0. The van der Waals surface area contributed by atoms with Crippen molar-refractivity contribution in [1.82, 2.24) is 0 Å². The molecule has 38 heavy (non-hydrogen) atoms. The Morgan fingerprint density at radius 2 is 1.16 bits per heavy atom. The zero-order valence-corrected chi connectivity index (χ0v) is 25.3. The number of anilines is 1. The number of nitrogens with one attached hydrogen (secondary N) is 1. The van der Waals surface area contributed by atoms with Crippen molar-refractivity contribution in [3.05, 3.63) is 66.2 Å². The van der Waals surface area contributed by atoms with Crippen LogP contribution in [0.25, 0.3) is 0 Å². The maximum absolute atomic E-state index is 15.5. The van der Waals surface area contributed by atoms with Gasteiger partial charge in [0.05, 0.1) is 12.2 Å². The lowest BCUT2D eigenvalue weighted by Crippen LogP contribution is -2.37. The van der Waals surface area contributed by atoms with Gasteiger partial charge in [0.2, 0.25) is 0 Å². The first-order valence-corrected chi connectivity index (χ1v) is 16.6. The second kappa shape index (κ2) is 13.2. The summed E-state index contributed by atoms with van der Waals surface area (Å²) in [7, 11) is -3.67. The summed E-state index contributed by atoms with van der Waals surface area (Å²) in [5.41, 5.74) is 1.86. The standard InChI is InChI=1S/C33H50NO3P/c1-23(2)29-19-17-25(5)21-31(29)36-38(35,37-32-22-26(6)18-20-30(32)24(3)4)33(27-13-9-7-10-14-27)34-28-15-11-8-12-16-28/h7-16,23-26,29-34H,17-22H2,1-6H3. The molecule has 2 aliphatic rings. The lowest BCUT2D eigenvalue weighted by molar-refractivity contribution is -0.00541. The lowest BCUT2D eigenvalue weighted by Gasteiger charge is -2.43. The molecule has 1 N–H and O–H groups in total. The van der Waals surface area contributed by atoms with Crippen molar-refractivity contribution >= 4 is 13.3 Å². The molecule has 0 spiro atoms. The van der Waals surface area contributed by atoms with E-state index in [1.165, 1.54) is 12.8 Å². The Hall–Kier alpha value is -1.61. The molecule has 0 saturated heterocycles. The highest BCUT2D eigenvalue weighted by Gasteiger charge is 2.47. The molecule has 4 nitrogen and oxygen atoms in total. The van der Waals surface area contributed by atoms with Gasteiger partial charge in [-0.05, 0) is 78.9 Å². The Kier molecular flexibility index (Phi) is 10.2. The van der Waals surface area contributed by atoms with Crippen molar-refractivity contribution in [3.8, 4) is 0 Å². The van der Waals surface area contributed by atoms with Crippen LogP contribution in [-0.2, 0) is 13.6 Å². The molecule has 2 aromatic carbocycles. The molecule has 210 valence electrons. The summed E-state index contributed by atoms with van der Waals surface area (Å²) >= 11 is 0. The van der Waals surface area contributed by atoms with Crippen LogP contribution < -0.4 is 5.32 Å². The molecule has 2 saturated carbocycles. The number of hydrogen-bond acceptors (Lipinski definition) is 4. The fourth-order valence-electron chi connectivity index (χ4n) is 6.67. The summed E-state index contributed by atoms with van der Waals surface area (Å²) in [6, 6.07) is 20.2. The molecule has 5 heteroatoms. The molecule has 0 heterocycles. The van der Waals surface area contributed by atoms with Crippen molar-refractivity contribution in [2.24, 2.45) is 35.5 Å². The molecule has 0 amide bonds. The number of hydrogen-bond donors (Lipinski definition) is 1. The Bertz CT molecular complexity index is 989. The largest absolute Gasteiger partial charge is 0.368 e. The predicted molar refractivity (Wildman–Crippen MR) is 159 cm³/mol. The molecule has 2 aliphatic carbocycles. The first-order chi connectivity index (χ1) is 18.2. The average molecular weight is 540 g/mol. The normalized spacial score (nSPS) is 30.6. The monoisotopic (exact) mass is 539 g/mol. The van der Waals surface area contributed by atoms with Gasteiger partial charge in [0.15, 0.2) is 5.78 Å². The lowest BCUT2D eigenvalue weighted by atomic mass is 9.75. The molecule has 0 bridgehead atoms. The van der Waals surface area contributed by atoms with Crippen LogP contribution in [0.5, 0.6) is 0 Å². The number of para-hydroxylation sites is 1. The molecule has 7 unspecified atom stereocenters. The molecule has 0 aromatic heterocycles. The minimum atomic E-state index is -3.67. The third-order valence-corrected chi connectivity index (χ3v) is 11.2. The summed E-state index contributed by atoms with van der Waals surface area (Å²) < 4.78 is 29.4. The SMILES string of the molecule is CC1CCC(C(C)C)C(OP(=O)(OC2CC(C)CCC2C(C)C)C(Nc2ccccc2)c2ccccc2)C1. The topological polar surface area (TPSA) is 47.6 Å². The molecule has 2 fully saturated rings. The Balaban J connectivity index is 1.76. The van der Waals surface area contributed by atoms with Crippen molar-refractivity contribution in [3.63, 3.8) is 0 Å². The second-order valence-corrected chi connectivity index (χ2v) is 14.8. The quantitative estimate of drug-likeness (QED) is 0.305. The second-order valence-electron chi connectivity index (χ2n) is 12.8. The zero-order chi connectivity index (χ0) is 27.3. The minimum absolute atomic E-state index is 0.0770. The van der Waals surface area contributed by atoms with Gasteiger partial charge in [-0.3, -0.25) is 4.57 Å². The molecular formula is C33H50NO3P. The summed E-state index contributed by atoms with van der Waals surface area (Å²) in [6.45, 7) is 13.7. The summed E-state index contributed by atoms with van der Waals surface area (Å²) in [5, 5.41) is 3.61. The van der Waals surface area contributed by atoms with Crippen molar-refractivity contribution < 1.29 is 13.6 Å². The smallest absolute Gasteiger partial charge is 0.357 e. The van der Waals surface area contributed by atoms with E-state index < -0.39 is 13.4 Å². The van der Waals surface area contributed by atoms with E-state index in [0.717, 1.165) is 36.9 Å². The highest BCUT2D eigenvalue weighted by Crippen LogP contribution is 2.65. The van der Waals surface area contributed by atoms with Crippen LogP contribution in [-0.4, -0.2) is 12.2 Å². The van der Waals surface area contributed by atoms with E-state index in [1.54, 1.807) is 0 Å². The van der Waals surface area contributed by atoms with Gasteiger partial charge in [0, 0.05) is 5.69 Å². The van der Waals surface area contributed by atoms with E-state index in [1.807, 2.05) is 60.7 Å². The van der Waals surface area contributed by atoms with Crippen molar-refractivity contribution in [1.29, 1.82) is 0 Å². The zero-order valence-electron chi connectivity index (χ0n) is 24.4. The van der Waals surface area contributed by atoms with Gasteiger partial charge in [0.25, 0.3) is 0 Å².